The monoisotopic (exact) mass is 266 g/mol. The molecule has 3 N–H and O–H groups in total. The van der Waals surface area contributed by atoms with Crippen molar-refractivity contribution in [3.8, 4) is 5.75 Å². The Labute approximate surface area is 113 Å². The van der Waals surface area contributed by atoms with Crippen molar-refractivity contribution >= 4 is 11.7 Å². The van der Waals surface area contributed by atoms with Gasteiger partial charge in [-0.15, -0.1) is 0 Å². The molecule has 6 heteroatoms. The summed E-state index contributed by atoms with van der Waals surface area (Å²) in [5.41, 5.74) is 5.51. The molecule has 0 aliphatic heterocycles. The van der Waals surface area contributed by atoms with Crippen LogP contribution in [-0.4, -0.2) is 36.2 Å². The van der Waals surface area contributed by atoms with E-state index in [9.17, 15) is 0 Å². The first-order valence-corrected chi connectivity index (χ1v) is 6.28. The predicted molar refractivity (Wildman–Crippen MR) is 75.9 cm³/mol. The van der Waals surface area contributed by atoms with Crippen LogP contribution in [0.2, 0.25) is 0 Å². The number of ether oxygens (including phenoxy) is 1. The van der Waals surface area contributed by atoms with Gasteiger partial charge in [0, 0.05) is 19.5 Å². The van der Waals surface area contributed by atoms with Gasteiger partial charge in [0.05, 0.1) is 13.3 Å². The average Bonchev–Trinajstić information content (AvgIpc) is 2.42. The van der Waals surface area contributed by atoms with E-state index in [2.05, 4.69) is 28.9 Å². The van der Waals surface area contributed by atoms with Crippen LogP contribution in [0.4, 0.5) is 5.82 Å². The summed E-state index contributed by atoms with van der Waals surface area (Å²) in [7, 11) is 1.61. The Morgan fingerprint density at radius 2 is 2.26 bits per heavy atom. The van der Waals surface area contributed by atoms with Gasteiger partial charge in [-0.2, -0.15) is 0 Å². The summed E-state index contributed by atoms with van der Waals surface area (Å²) in [6, 6.07) is 3.78. The van der Waals surface area contributed by atoms with E-state index < -0.39 is 0 Å². The topological polar surface area (TPSA) is 84.0 Å². The molecule has 1 rings (SSSR count). The van der Waals surface area contributed by atoms with Crippen LogP contribution in [0.5, 0.6) is 5.75 Å². The Morgan fingerprint density at radius 1 is 1.53 bits per heavy atom. The second-order valence-electron chi connectivity index (χ2n) is 4.74. The summed E-state index contributed by atoms with van der Waals surface area (Å²) < 4.78 is 5.09. The molecule has 0 atom stereocenters. The van der Waals surface area contributed by atoms with Gasteiger partial charge in [-0.1, -0.05) is 19.0 Å². The highest BCUT2D eigenvalue weighted by molar-refractivity contribution is 5.80. The SMILES string of the molecule is COc1ccc(N(CC/C(N)=N/O)CC(C)C)nc1. The van der Waals surface area contributed by atoms with Crippen molar-refractivity contribution in [2.75, 3.05) is 25.1 Å². The molecule has 0 aromatic carbocycles. The smallest absolute Gasteiger partial charge is 0.140 e. The lowest BCUT2D eigenvalue weighted by molar-refractivity contribution is 0.317. The van der Waals surface area contributed by atoms with Gasteiger partial charge in [0.15, 0.2) is 0 Å². The molecule has 6 nitrogen and oxygen atoms in total. The Kier molecular flexibility index (Phi) is 5.92. The van der Waals surface area contributed by atoms with Crippen LogP contribution in [0.1, 0.15) is 20.3 Å². The number of methoxy groups -OCH3 is 1. The van der Waals surface area contributed by atoms with E-state index in [-0.39, 0.29) is 5.84 Å². The summed E-state index contributed by atoms with van der Waals surface area (Å²) in [4.78, 5) is 6.48. The van der Waals surface area contributed by atoms with Crippen molar-refractivity contribution in [2.45, 2.75) is 20.3 Å². The minimum absolute atomic E-state index is 0.224. The number of pyridine rings is 1. The van der Waals surface area contributed by atoms with Gasteiger partial charge in [-0.05, 0) is 18.1 Å². The van der Waals surface area contributed by atoms with Crippen LogP contribution < -0.4 is 15.4 Å². The first-order valence-electron chi connectivity index (χ1n) is 6.28. The Hall–Kier alpha value is -1.98. The average molecular weight is 266 g/mol. The van der Waals surface area contributed by atoms with Crippen molar-refractivity contribution in [2.24, 2.45) is 16.8 Å². The fraction of sp³-hybridized carbons (Fsp3) is 0.538. The number of aromatic nitrogens is 1. The molecular weight excluding hydrogens is 244 g/mol. The quantitative estimate of drug-likeness (QED) is 0.339. The van der Waals surface area contributed by atoms with Crippen LogP contribution >= 0.6 is 0 Å². The highest BCUT2D eigenvalue weighted by Crippen LogP contribution is 2.17. The number of anilines is 1. The van der Waals surface area contributed by atoms with Crippen LogP contribution in [0.15, 0.2) is 23.5 Å². The van der Waals surface area contributed by atoms with Crippen molar-refractivity contribution in [3.63, 3.8) is 0 Å². The molecule has 0 fully saturated rings. The molecule has 0 spiro atoms. The third-order valence-electron chi connectivity index (χ3n) is 2.63. The number of rotatable bonds is 7. The van der Waals surface area contributed by atoms with E-state index in [1.54, 1.807) is 13.3 Å². The molecule has 0 saturated carbocycles. The molecule has 0 aliphatic rings. The van der Waals surface area contributed by atoms with E-state index in [4.69, 9.17) is 15.7 Å². The van der Waals surface area contributed by atoms with Crippen LogP contribution in [0, 0.1) is 5.92 Å². The third kappa shape index (κ3) is 5.03. The van der Waals surface area contributed by atoms with Gasteiger partial charge in [-0.25, -0.2) is 4.98 Å². The maximum atomic E-state index is 8.58. The first-order chi connectivity index (χ1) is 9.06. The number of hydrogen-bond acceptors (Lipinski definition) is 5. The van der Waals surface area contributed by atoms with Gasteiger partial charge in [0.25, 0.3) is 0 Å². The molecule has 0 aliphatic carbocycles. The van der Waals surface area contributed by atoms with Gasteiger partial charge in [0.1, 0.15) is 17.4 Å². The second kappa shape index (κ2) is 7.45. The fourth-order valence-corrected chi connectivity index (χ4v) is 1.72. The zero-order valence-corrected chi connectivity index (χ0v) is 11.7. The molecule has 0 saturated heterocycles. The summed E-state index contributed by atoms with van der Waals surface area (Å²) in [5, 5.41) is 11.6. The van der Waals surface area contributed by atoms with E-state index in [0.717, 1.165) is 18.1 Å². The number of nitrogens with two attached hydrogens (primary N) is 1. The van der Waals surface area contributed by atoms with E-state index >= 15 is 0 Å². The van der Waals surface area contributed by atoms with E-state index in [0.29, 0.717) is 18.9 Å². The molecule has 106 valence electrons. The molecule has 0 bridgehead atoms. The number of oxime groups is 1. The highest BCUT2D eigenvalue weighted by Gasteiger charge is 2.11. The van der Waals surface area contributed by atoms with Crippen LogP contribution in [0.3, 0.4) is 0 Å². The zero-order valence-electron chi connectivity index (χ0n) is 11.7. The lowest BCUT2D eigenvalue weighted by atomic mass is 10.2. The molecule has 19 heavy (non-hydrogen) atoms. The lowest BCUT2D eigenvalue weighted by Crippen LogP contribution is -2.32. The minimum atomic E-state index is 0.224. The minimum Gasteiger partial charge on any atom is -0.495 e. The van der Waals surface area contributed by atoms with Crippen LogP contribution in [0.25, 0.3) is 0 Å². The second-order valence-corrected chi connectivity index (χ2v) is 4.74. The lowest BCUT2D eigenvalue weighted by Gasteiger charge is -2.25. The summed E-state index contributed by atoms with van der Waals surface area (Å²) in [5.74, 6) is 2.31. The number of amidine groups is 1. The fourth-order valence-electron chi connectivity index (χ4n) is 1.72. The van der Waals surface area contributed by atoms with Gasteiger partial charge < -0.3 is 20.6 Å². The van der Waals surface area contributed by atoms with Crippen molar-refractivity contribution < 1.29 is 9.94 Å². The molecule has 0 unspecified atom stereocenters. The maximum Gasteiger partial charge on any atom is 0.140 e. The first kappa shape index (κ1) is 15.1. The van der Waals surface area contributed by atoms with E-state index in [1.807, 2.05) is 12.1 Å². The molecule has 0 radical (unpaired) electrons. The van der Waals surface area contributed by atoms with Crippen molar-refractivity contribution in [1.82, 2.24) is 4.98 Å². The van der Waals surface area contributed by atoms with Crippen molar-refractivity contribution in [3.05, 3.63) is 18.3 Å². The summed E-state index contributed by atoms with van der Waals surface area (Å²) >= 11 is 0. The maximum absolute atomic E-state index is 8.58. The number of nitrogens with zero attached hydrogens (tertiary/aromatic N) is 3. The number of hydrogen-bond donors (Lipinski definition) is 2. The molecule has 1 aromatic heterocycles. The highest BCUT2D eigenvalue weighted by atomic mass is 16.5. The summed E-state index contributed by atoms with van der Waals surface area (Å²) in [6.07, 6.45) is 2.18. The van der Waals surface area contributed by atoms with Crippen molar-refractivity contribution in [1.29, 1.82) is 0 Å². The third-order valence-corrected chi connectivity index (χ3v) is 2.63. The molecule has 1 heterocycles. The van der Waals surface area contributed by atoms with E-state index in [1.165, 1.54) is 0 Å². The Morgan fingerprint density at radius 3 is 2.74 bits per heavy atom. The Bertz CT molecular complexity index is 404. The predicted octanol–water partition coefficient (Wildman–Crippen LogP) is 1.69. The molecule has 1 aromatic rings. The molecule has 0 amide bonds. The van der Waals surface area contributed by atoms with Crippen LogP contribution in [-0.2, 0) is 0 Å². The molecular formula is C13H22N4O2. The van der Waals surface area contributed by atoms with Gasteiger partial charge in [-0.3, -0.25) is 0 Å². The summed E-state index contributed by atoms with van der Waals surface area (Å²) in [6.45, 7) is 5.80. The Balaban J connectivity index is 2.76. The normalized spacial score (nSPS) is 11.7. The standard InChI is InChI=1S/C13H22N4O2/c1-10(2)9-17(7-6-12(14)16-18)13-5-4-11(19-3)8-15-13/h4-5,8,10,18H,6-7,9H2,1-3H3,(H2,14,16). The van der Waals surface area contributed by atoms with Gasteiger partial charge >= 0.3 is 0 Å². The van der Waals surface area contributed by atoms with Gasteiger partial charge in [0.2, 0.25) is 0 Å². The largest absolute Gasteiger partial charge is 0.495 e. The zero-order chi connectivity index (χ0) is 14.3.